The minimum Gasteiger partial charge on any atom is -0.480 e. The first-order chi connectivity index (χ1) is 11.1. The van der Waals surface area contributed by atoms with Crippen LogP contribution in [-0.4, -0.2) is 60.1 Å². The van der Waals surface area contributed by atoms with Crippen LogP contribution in [0.1, 0.15) is 44.9 Å². The molecule has 0 aromatic carbocycles. The second kappa shape index (κ2) is 8.86. The molecule has 2 fully saturated rings. The summed E-state index contributed by atoms with van der Waals surface area (Å²) in [5.41, 5.74) is 0. The van der Waals surface area contributed by atoms with Gasteiger partial charge in [0.25, 0.3) is 0 Å². The zero-order valence-electron chi connectivity index (χ0n) is 13.5. The molecular formula is C16H26N2O5. The molecule has 0 aromatic rings. The van der Waals surface area contributed by atoms with E-state index >= 15 is 0 Å². The largest absolute Gasteiger partial charge is 0.480 e. The lowest BCUT2D eigenvalue weighted by molar-refractivity contribution is -0.146. The fourth-order valence-corrected chi connectivity index (χ4v) is 3.27. The summed E-state index contributed by atoms with van der Waals surface area (Å²) >= 11 is 0. The van der Waals surface area contributed by atoms with Crippen molar-refractivity contribution in [3.63, 3.8) is 0 Å². The highest BCUT2D eigenvalue weighted by Gasteiger charge is 2.27. The van der Waals surface area contributed by atoms with Gasteiger partial charge in [-0.1, -0.05) is 19.3 Å². The monoisotopic (exact) mass is 326 g/mol. The van der Waals surface area contributed by atoms with E-state index in [4.69, 9.17) is 9.84 Å². The Morgan fingerprint density at radius 1 is 1.00 bits per heavy atom. The average Bonchev–Trinajstić information content (AvgIpc) is 2.56. The maximum Gasteiger partial charge on any atom is 0.329 e. The zero-order valence-corrected chi connectivity index (χ0v) is 13.5. The molecule has 1 saturated carbocycles. The van der Waals surface area contributed by atoms with Gasteiger partial charge in [0.1, 0.15) is 13.2 Å². The van der Waals surface area contributed by atoms with Crippen molar-refractivity contribution in [3.8, 4) is 0 Å². The van der Waals surface area contributed by atoms with Gasteiger partial charge < -0.3 is 20.1 Å². The van der Waals surface area contributed by atoms with Gasteiger partial charge in [0.05, 0.1) is 0 Å². The van der Waals surface area contributed by atoms with Gasteiger partial charge >= 0.3 is 5.97 Å². The number of carbonyl (C=O) groups is 3. The third-order valence-corrected chi connectivity index (χ3v) is 4.62. The molecule has 0 radical (unpaired) electrons. The SMILES string of the molecule is O=C(O)COCC(=O)N1CCC(NC(=O)C2CCCCC2)CC1. The molecule has 1 heterocycles. The molecule has 0 bridgehead atoms. The van der Waals surface area contributed by atoms with Gasteiger partial charge in [-0.15, -0.1) is 0 Å². The third kappa shape index (κ3) is 5.82. The second-order valence-electron chi connectivity index (χ2n) is 6.39. The number of rotatable bonds is 6. The average molecular weight is 326 g/mol. The summed E-state index contributed by atoms with van der Waals surface area (Å²) in [5, 5.41) is 11.6. The van der Waals surface area contributed by atoms with E-state index in [9.17, 15) is 14.4 Å². The molecule has 2 rings (SSSR count). The van der Waals surface area contributed by atoms with Gasteiger partial charge in [-0.05, 0) is 25.7 Å². The van der Waals surface area contributed by atoms with E-state index < -0.39 is 12.6 Å². The molecule has 23 heavy (non-hydrogen) atoms. The minimum absolute atomic E-state index is 0.133. The van der Waals surface area contributed by atoms with Gasteiger partial charge in [-0.25, -0.2) is 4.79 Å². The Bertz CT molecular complexity index is 426. The molecule has 130 valence electrons. The lowest BCUT2D eigenvalue weighted by atomic mass is 9.88. The molecule has 2 N–H and O–H groups in total. The van der Waals surface area contributed by atoms with Gasteiger partial charge in [0.15, 0.2) is 0 Å². The molecule has 7 nitrogen and oxygen atoms in total. The van der Waals surface area contributed by atoms with Crippen LogP contribution in [0.3, 0.4) is 0 Å². The van der Waals surface area contributed by atoms with Gasteiger partial charge in [0.2, 0.25) is 11.8 Å². The van der Waals surface area contributed by atoms with Crippen molar-refractivity contribution in [2.75, 3.05) is 26.3 Å². The number of ether oxygens (including phenoxy) is 1. The minimum atomic E-state index is -1.08. The fraction of sp³-hybridized carbons (Fsp3) is 0.812. The second-order valence-corrected chi connectivity index (χ2v) is 6.39. The van der Waals surface area contributed by atoms with E-state index in [1.165, 1.54) is 6.42 Å². The lowest BCUT2D eigenvalue weighted by Crippen LogP contribution is -2.48. The number of nitrogens with one attached hydrogen (secondary N) is 1. The van der Waals surface area contributed by atoms with Crippen molar-refractivity contribution in [2.24, 2.45) is 5.92 Å². The predicted molar refractivity (Wildman–Crippen MR) is 82.8 cm³/mol. The van der Waals surface area contributed by atoms with Crippen LogP contribution < -0.4 is 5.32 Å². The number of likely N-dealkylation sites (tertiary alicyclic amines) is 1. The van der Waals surface area contributed by atoms with Crippen LogP contribution in [0.2, 0.25) is 0 Å². The first-order valence-corrected chi connectivity index (χ1v) is 8.44. The standard InChI is InChI=1S/C16H26N2O5/c19-14(10-23-11-15(20)21)18-8-6-13(7-9-18)17-16(22)12-4-2-1-3-5-12/h12-13H,1-11H2,(H,17,22)(H,20,21). The Labute approximate surface area is 136 Å². The van der Waals surface area contributed by atoms with E-state index in [0.29, 0.717) is 13.1 Å². The Balaban J connectivity index is 1.66. The van der Waals surface area contributed by atoms with Crippen LogP contribution in [0, 0.1) is 5.92 Å². The van der Waals surface area contributed by atoms with Crippen LogP contribution in [0.5, 0.6) is 0 Å². The number of piperidine rings is 1. The lowest BCUT2D eigenvalue weighted by Gasteiger charge is -2.33. The topological polar surface area (TPSA) is 95.9 Å². The summed E-state index contributed by atoms with van der Waals surface area (Å²) in [6, 6.07) is 0.133. The van der Waals surface area contributed by atoms with Crippen LogP contribution in [0.4, 0.5) is 0 Å². The van der Waals surface area contributed by atoms with Crippen molar-refractivity contribution in [1.82, 2.24) is 10.2 Å². The fourth-order valence-electron chi connectivity index (χ4n) is 3.27. The number of carbonyl (C=O) groups excluding carboxylic acids is 2. The van der Waals surface area contributed by atoms with Gasteiger partial charge in [0, 0.05) is 25.0 Å². The smallest absolute Gasteiger partial charge is 0.329 e. The number of aliphatic carboxylic acids is 1. The summed E-state index contributed by atoms with van der Waals surface area (Å²) in [5.74, 6) is -0.947. The maximum absolute atomic E-state index is 12.2. The number of hydrogen-bond acceptors (Lipinski definition) is 4. The van der Waals surface area contributed by atoms with Crippen molar-refractivity contribution in [3.05, 3.63) is 0 Å². The summed E-state index contributed by atoms with van der Waals surface area (Å²) in [6.07, 6.45) is 6.97. The number of carboxylic acids is 1. The Morgan fingerprint density at radius 2 is 1.65 bits per heavy atom. The highest BCUT2D eigenvalue weighted by molar-refractivity contribution is 5.79. The highest BCUT2D eigenvalue weighted by Crippen LogP contribution is 2.24. The number of hydrogen-bond donors (Lipinski definition) is 2. The number of nitrogens with zero attached hydrogens (tertiary/aromatic N) is 1. The highest BCUT2D eigenvalue weighted by atomic mass is 16.5. The van der Waals surface area contributed by atoms with Crippen molar-refractivity contribution in [2.45, 2.75) is 51.0 Å². The molecule has 2 aliphatic rings. The van der Waals surface area contributed by atoms with Gasteiger partial charge in [-0.2, -0.15) is 0 Å². The van der Waals surface area contributed by atoms with Crippen LogP contribution in [-0.2, 0) is 19.1 Å². The first-order valence-electron chi connectivity index (χ1n) is 8.44. The first kappa shape index (κ1) is 17.7. The zero-order chi connectivity index (χ0) is 16.7. The molecular weight excluding hydrogens is 300 g/mol. The maximum atomic E-state index is 12.2. The molecule has 2 amide bonds. The van der Waals surface area contributed by atoms with Crippen LogP contribution in [0.25, 0.3) is 0 Å². The van der Waals surface area contributed by atoms with E-state index in [2.05, 4.69) is 5.32 Å². The van der Waals surface area contributed by atoms with Crippen molar-refractivity contribution < 1.29 is 24.2 Å². The molecule has 7 heteroatoms. The molecule has 1 aliphatic heterocycles. The molecule has 1 saturated heterocycles. The van der Waals surface area contributed by atoms with Crippen LogP contribution in [0.15, 0.2) is 0 Å². The number of carboxylic acid groups (broad SMARTS) is 1. The van der Waals surface area contributed by atoms with Crippen molar-refractivity contribution in [1.29, 1.82) is 0 Å². The Morgan fingerprint density at radius 3 is 2.26 bits per heavy atom. The summed E-state index contributed by atoms with van der Waals surface area (Å²) in [6.45, 7) is 0.487. The summed E-state index contributed by atoms with van der Waals surface area (Å²) < 4.78 is 4.82. The van der Waals surface area contributed by atoms with Crippen LogP contribution >= 0.6 is 0 Å². The Kier molecular flexibility index (Phi) is 6.83. The molecule has 1 aliphatic carbocycles. The quantitative estimate of drug-likeness (QED) is 0.752. The number of amides is 2. The van der Waals surface area contributed by atoms with E-state index in [1.807, 2.05) is 0 Å². The van der Waals surface area contributed by atoms with E-state index in [-0.39, 0.29) is 30.4 Å². The van der Waals surface area contributed by atoms with E-state index in [1.54, 1.807) is 4.90 Å². The Hall–Kier alpha value is -1.63. The molecule has 0 aromatic heterocycles. The van der Waals surface area contributed by atoms with Crippen molar-refractivity contribution >= 4 is 17.8 Å². The van der Waals surface area contributed by atoms with Gasteiger partial charge in [-0.3, -0.25) is 9.59 Å². The molecule has 0 spiro atoms. The predicted octanol–water partition coefficient (Wildman–Crippen LogP) is 0.775. The molecule has 0 atom stereocenters. The summed E-state index contributed by atoms with van der Waals surface area (Å²) in [4.78, 5) is 36.1. The normalized spacial score (nSPS) is 20.3. The summed E-state index contributed by atoms with van der Waals surface area (Å²) in [7, 11) is 0. The van der Waals surface area contributed by atoms with E-state index in [0.717, 1.165) is 38.5 Å². The molecule has 0 unspecified atom stereocenters. The third-order valence-electron chi connectivity index (χ3n) is 4.62.